The Bertz CT molecular complexity index is 552. The third-order valence-electron chi connectivity index (χ3n) is 3.87. The summed E-state index contributed by atoms with van der Waals surface area (Å²) in [6.07, 6.45) is 2.95. The van der Waals surface area contributed by atoms with Crippen LogP contribution in [0.2, 0.25) is 0 Å². The van der Waals surface area contributed by atoms with Gasteiger partial charge in [0.25, 0.3) is 0 Å². The van der Waals surface area contributed by atoms with Crippen molar-refractivity contribution >= 4 is 9.84 Å². The Morgan fingerprint density at radius 1 is 1.33 bits per heavy atom. The van der Waals surface area contributed by atoms with E-state index in [2.05, 4.69) is 10.2 Å². The van der Waals surface area contributed by atoms with Crippen LogP contribution in [0.4, 0.5) is 0 Å². The normalized spacial score (nSPS) is 30.3. The van der Waals surface area contributed by atoms with Gasteiger partial charge >= 0.3 is 0 Å². The molecule has 0 aromatic carbocycles. The van der Waals surface area contributed by atoms with Crippen molar-refractivity contribution in [1.29, 1.82) is 0 Å². The van der Waals surface area contributed by atoms with Crippen LogP contribution in [0.3, 0.4) is 0 Å². The minimum absolute atomic E-state index is 0.293. The molecule has 0 saturated carbocycles. The topological polar surface area (TPSA) is 85.1 Å². The van der Waals surface area contributed by atoms with Gasteiger partial charge in [0.15, 0.2) is 9.84 Å². The van der Waals surface area contributed by atoms with Crippen LogP contribution in [0.5, 0.6) is 0 Å². The molecule has 1 aromatic rings. The van der Waals surface area contributed by atoms with Gasteiger partial charge in [-0.05, 0) is 19.3 Å². The van der Waals surface area contributed by atoms with Crippen molar-refractivity contribution in [2.45, 2.75) is 50.0 Å². The summed E-state index contributed by atoms with van der Waals surface area (Å²) in [5, 5.41) is 17.5. The van der Waals surface area contributed by atoms with Gasteiger partial charge in [0.2, 0.25) is 0 Å². The van der Waals surface area contributed by atoms with Crippen molar-refractivity contribution in [3.05, 3.63) is 11.6 Å². The molecular weight excluding hydrogens is 254 g/mol. The molecule has 1 aromatic heterocycles. The largest absolute Gasteiger partial charge is 0.391 e. The first-order valence-electron chi connectivity index (χ1n) is 6.37. The fourth-order valence-electron chi connectivity index (χ4n) is 2.81. The predicted molar refractivity (Wildman–Crippen MR) is 64.9 cm³/mol. The van der Waals surface area contributed by atoms with E-state index >= 15 is 0 Å². The fraction of sp³-hybridized carbons (Fsp3) is 0.818. The summed E-state index contributed by atoms with van der Waals surface area (Å²) in [6, 6.07) is 0. The summed E-state index contributed by atoms with van der Waals surface area (Å²) in [5.41, 5.74) is 0. The number of nitrogens with zero attached hydrogens (tertiary/aromatic N) is 3. The van der Waals surface area contributed by atoms with E-state index in [1.54, 1.807) is 0 Å². The van der Waals surface area contributed by atoms with E-state index < -0.39 is 9.84 Å². The Morgan fingerprint density at radius 2 is 2.17 bits per heavy atom. The molecule has 2 aliphatic rings. The Hall–Kier alpha value is -0.950. The van der Waals surface area contributed by atoms with E-state index in [0.717, 1.165) is 12.2 Å². The average Bonchev–Trinajstić information content (AvgIpc) is 2.84. The maximum atomic E-state index is 11.8. The Morgan fingerprint density at radius 3 is 2.89 bits per heavy atom. The lowest BCUT2D eigenvalue weighted by atomic mass is 10.1. The first-order chi connectivity index (χ1) is 8.56. The SMILES string of the molecule is O=S1(=O)CCCC1Cc1nnc2n1CC(O)CC2. The number of hydrogen-bond donors (Lipinski definition) is 1. The van der Waals surface area contributed by atoms with Crippen molar-refractivity contribution in [3.63, 3.8) is 0 Å². The van der Waals surface area contributed by atoms with Crippen LogP contribution in [0.1, 0.15) is 30.9 Å². The minimum atomic E-state index is -2.95. The quantitative estimate of drug-likeness (QED) is 0.798. The molecule has 0 amide bonds. The zero-order valence-corrected chi connectivity index (χ0v) is 10.9. The van der Waals surface area contributed by atoms with Gasteiger partial charge in [-0.15, -0.1) is 10.2 Å². The van der Waals surface area contributed by atoms with E-state index in [-0.39, 0.29) is 11.4 Å². The molecule has 3 heterocycles. The summed E-state index contributed by atoms with van der Waals surface area (Å²) in [7, 11) is -2.95. The van der Waals surface area contributed by atoms with Gasteiger partial charge in [-0.1, -0.05) is 0 Å². The van der Waals surface area contributed by atoms with Crippen molar-refractivity contribution in [3.8, 4) is 0 Å². The summed E-state index contributed by atoms with van der Waals surface area (Å²) in [4.78, 5) is 0. The number of aliphatic hydroxyl groups is 1. The molecule has 0 aliphatic carbocycles. The molecule has 0 radical (unpaired) electrons. The van der Waals surface area contributed by atoms with E-state index in [1.165, 1.54) is 0 Å². The third kappa shape index (κ3) is 2.05. The number of rotatable bonds is 2. The Kier molecular flexibility index (Phi) is 2.90. The second kappa shape index (κ2) is 4.31. The standard InChI is InChI=1S/C11H17N3O3S/c15-8-3-4-10-12-13-11(14(10)7-8)6-9-2-1-5-18(9,16)17/h8-9,15H,1-7H2. The van der Waals surface area contributed by atoms with Crippen LogP contribution in [0.25, 0.3) is 0 Å². The van der Waals surface area contributed by atoms with Crippen molar-refractivity contribution < 1.29 is 13.5 Å². The first kappa shape index (κ1) is 12.1. The highest BCUT2D eigenvalue weighted by molar-refractivity contribution is 7.92. The lowest BCUT2D eigenvalue weighted by Crippen LogP contribution is -2.27. The maximum Gasteiger partial charge on any atom is 0.153 e. The molecule has 1 saturated heterocycles. The number of aryl methyl sites for hydroxylation is 1. The fourth-order valence-corrected chi connectivity index (χ4v) is 4.64. The van der Waals surface area contributed by atoms with Crippen LogP contribution in [0, 0.1) is 0 Å². The van der Waals surface area contributed by atoms with Crippen LogP contribution in [-0.2, 0) is 29.2 Å². The Balaban J connectivity index is 1.84. The van der Waals surface area contributed by atoms with E-state index in [1.807, 2.05) is 4.57 Å². The molecule has 2 atom stereocenters. The zero-order chi connectivity index (χ0) is 12.8. The summed E-state index contributed by atoms with van der Waals surface area (Å²) in [5.74, 6) is 1.87. The van der Waals surface area contributed by atoms with Crippen LogP contribution in [0.15, 0.2) is 0 Å². The van der Waals surface area contributed by atoms with Gasteiger partial charge in [-0.2, -0.15) is 0 Å². The van der Waals surface area contributed by atoms with Crippen molar-refractivity contribution in [2.24, 2.45) is 0 Å². The highest BCUT2D eigenvalue weighted by atomic mass is 32.2. The first-order valence-corrected chi connectivity index (χ1v) is 8.08. The number of aliphatic hydroxyl groups excluding tert-OH is 1. The molecule has 0 bridgehead atoms. The van der Waals surface area contributed by atoms with Gasteiger partial charge in [-0.25, -0.2) is 8.42 Å². The van der Waals surface area contributed by atoms with E-state index in [9.17, 15) is 13.5 Å². The highest BCUT2D eigenvalue weighted by Crippen LogP contribution is 2.24. The number of fused-ring (bicyclic) bond motifs is 1. The molecule has 6 nitrogen and oxygen atoms in total. The van der Waals surface area contributed by atoms with Gasteiger partial charge in [0.05, 0.1) is 23.7 Å². The maximum absolute atomic E-state index is 11.8. The molecule has 1 fully saturated rings. The smallest absolute Gasteiger partial charge is 0.153 e. The molecular formula is C11H17N3O3S. The van der Waals surface area contributed by atoms with Crippen LogP contribution in [-0.4, -0.2) is 45.4 Å². The molecule has 18 heavy (non-hydrogen) atoms. The highest BCUT2D eigenvalue weighted by Gasteiger charge is 2.33. The Labute approximate surface area is 106 Å². The van der Waals surface area contributed by atoms with E-state index in [0.29, 0.717) is 43.8 Å². The number of sulfone groups is 1. The van der Waals surface area contributed by atoms with Gasteiger partial charge in [0.1, 0.15) is 11.6 Å². The average molecular weight is 271 g/mol. The number of hydrogen-bond acceptors (Lipinski definition) is 5. The zero-order valence-electron chi connectivity index (χ0n) is 10.1. The van der Waals surface area contributed by atoms with Gasteiger partial charge < -0.3 is 9.67 Å². The van der Waals surface area contributed by atoms with Crippen molar-refractivity contribution in [2.75, 3.05) is 5.75 Å². The van der Waals surface area contributed by atoms with E-state index in [4.69, 9.17) is 0 Å². The molecule has 2 aliphatic heterocycles. The number of aromatic nitrogens is 3. The lowest BCUT2D eigenvalue weighted by Gasteiger charge is -2.20. The van der Waals surface area contributed by atoms with Gasteiger partial charge in [-0.3, -0.25) is 0 Å². The third-order valence-corrected chi connectivity index (χ3v) is 6.15. The van der Waals surface area contributed by atoms with Crippen LogP contribution < -0.4 is 0 Å². The molecule has 3 rings (SSSR count). The molecule has 7 heteroatoms. The van der Waals surface area contributed by atoms with Crippen LogP contribution >= 0.6 is 0 Å². The second-order valence-electron chi connectivity index (χ2n) is 5.17. The monoisotopic (exact) mass is 271 g/mol. The van der Waals surface area contributed by atoms with Gasteiger partial charge in [0, 0.05) is 12.8 Å². The molecule has 1 N–H and O–H groups in total. The minimum Gasteiger partial charge on any atom is -0.391 e. The molecule has 100 valence electrons. The molecule has 2 unspecified atom stereocenters. The summed E-state index contributed by atoms with van der Waals surface area (Å²) < 4.78 is 25.5. The summed E-state index contributed by atoms with van der Waals surface area (Å²) in [6.45, 7) is 0.491. The second-order valence-corrected chi connectivity index (χ2v) is 7.57. The predicted octanol–water partition coefficient (Wildman–Crippen LogP) is -0.295. The lowest BCUT2D eigenvalue weighted by molar-refractivity contribution is 0.129. The molecule has 0 spiro atoms. The van der Waals surface area contributed by atoms with Crippen molar-refractivity contribution in [1.82, 2.24) is 14.8 Å². The summed E-state index contributed by atoms with van der Waals surface area (Å²) >= 11 is 0.